The van der Waals surface area contributed by atoms with Crippen molar-refractivity contribution < 1.29 is 0 Å². The summed E-state index contributed by atoms with van der Waals surface area (Å²) in [6.45, 7) is 4.35. The Labute approximate surface area is 137 Å². The van der Waals surface area contributed by atoms with Crippen LogP contribution in [0.2, 0.25) is 0 Å². The molecule has 0 saturated heterocycles. The normalized spacial score (nSPS) is 10.7. The Morgan fingerprint density at radius 3 is 2.17 bits per heavy atom. The maximum Gasteiger partial charge on any atom is 0.0320 e. The number of aryl methyl sites for hydroxylation is 2. The number of benzene rings is 3. The number of nitrogens with two attached hydrogens (primary N) is 2. The molecule has 0 atom stereocenters. The Morgan fingerprint density at radius 2 is 1.48 bits per heavy atom. The fraction of sp³-hybridized carbons (Fsp3) is 0.143. The maximum atomic E-state index is 6.09. The van der Waals surface area contributed by atoms with Gasteiger partial charge in [0.05, 0.1) is 0 Å². The molecule has 0 aromatic heterocycles. The second-order valence-electron chi connectivity index (χ2n) is 5.89. The van der Waals surface area contributed by atoms with Crippen LogP contribution >= 0.6 is 0 Å². The molecule has 0 spiro atoms. The summed E-state index contributed by atoms with van der Waals surface area (Å²) in [4.78, 5) is 0. The van der Waals surface area contributed by atoms with Crippen LogP contribution in [0, 0.1) is 6.92 Å². The highest BCUT2D eigenvalue weighted by Gasteiger charge is 2.13. The topological polar surface area (TPSA) is 52.0 Å². The van der Waals surface area contributed by atoms with Crippen LogP contribution in [0.15, 0.2) is 60.7 Å². The zero-order chi connectivity index (χ0) is 16.4. The molecule has 0 fully saturated rings. The molecule has 0 unspecified atom stereocenters. The molecule has 116 valence electrons. The molecule has 0 aliphatic heterocycles. The minimum Gasteiger partial charge on any atom is -0.399 e. The first kappa shape index (κ1) is 15.2. The van der Waals surface area contributed by atoms with E-state index >= 15 is 0 Å². The number of nitrogen functional groups attached to an aromatic ring is 2. The Morgan fingerprint density at radius 1 is 0.783 bits per heavy atom. The monoisotopic (exact) mass is 302 g/mol. The van der Waals surface area contributed by atoms with E-state index in [1.807, 2.05) is 18.2 Å². The van der Waals surface area contributed by atoms with E-state index in [9.17, 15) is 0 Å². The number of hydrogen-bond acceptors (Lipinski definition) is 2. The molecule has 23 heavy (non-hydrogen) atoms. The molecular formula is C21H22N2. The summed E-state index contributed by atoms with van der Waals surface area (Å²) in [6.07, 6.45) is 0.993. The predicted octanol–water partition coefficient (Wildman–Crippen LogP) is 5.06. The summed E-state index contributed by atoms with van der Waals surface area (Å²) in [5, 5.41) is 0. The van der Waals surface area contributed by atoms with Gasteiger partial charge in [0.25, 0.3) is 0 Å². The summed E-state index contributed by atoms with van der Waals surface area (Å²) in [6, 6.07) is 20.6. The van der Waals surface area contributed by atoms with Crippen LogP contribution < -0.4 is 11.5 Å². The van der Waals surface area contributed by atoms with Gasteiger partial charge in [-0.1, -0.05) is 43.3 Å². The van der Waals surface area contributed by atoms with E-state index in [4.69, 9.17) is 11.5 Å². The molecular weight excluding hydrogens is 280 g/mol. The second-order valence-corrected chi connectivity index (χ2v) is 5.89. The highest BCUT2D eigenvalue weighted by atomic mass is 14.5. The smallest absolute Gasteiger partial charge is 0.0320 e. The maximum absolute atomic E-state index is 6.09. The lowest BCUT2D eigenvalue weighted by atomic mass is 9.88. The first-order valence-corrected chi connectivity index (χ1v) is 7.94. The Bertz CT molecular complexity index is 833. The Kier molecular flexibility index (Phi) is 4.07. The molecule has 4 N–H and O–H groups in total. The fourth-order valence-electron chi connectivity index (χ4n) is 3.09. The van der Waals surface area contributed by atoms with Crippen LogP contribution in [0.4, 0.5) is 11.4 Å². The van der Waals surface area contributed by atoms with Crippen molar-refractivity contribution in [3.05, 3.63) is 71.8 Å². The van der Waals surface area contributed by atoms with E-state index in [0.717, 1.165) is 23.4 Å². The van der Waals surface area contributed by atoms with E-state index < -0.39 is 0 Å². The van der Waals surface area contributed by atoms with Crippen LogP contribution in [0.3, 0.4) is 0 Å². The third-order valence-corrected chi connectivity index (χ3v) is 4.27. The summed E-state index contributed by atoms with van der Waals surface area (Å²) in [7, 11) is 0. The highest BCUT2D eigenvalue weighted by molar-refractivity contribution is 5.88. The molecule has 3 aromatic carbocycles. The van der Waals surface area contributed by atoms with E-state index in [0.29, 0.717) is 0 Å². The van der Waals surface area contributed by atoms with Gasteiger partial charge >= 0.3 is 0 Å². The van der Waals surface area contributed by atoms with Gasteiger partial charge in [-0.25, -0.2) is 0 Å². The zero-order valence-corrected chi connectivity index (χ0v) is 13.6. The molecule has 0 radical (unpaired) electrons. The van der Waals surface area contributed by atoms with Gasteiger partial charge in [-0.05, 0) is 71.0 Å². The zero-order valence-electron chi connectivity index (χ0n) is 13.6. The van der Waals surface area contributed by atoms with Crippen molar-refractivity contribution in [2.75, 3.05) is 11.5 Å². The molecule has 0 saturated carbocycles. The average molecular weight is 302 g/mol. The molecule has 2 nitrogen and oxygen atoms in total. The van der Waals surface area contributed by atoms with Gasteiger partial charge in [-0.3, -0.25) is 0 Å². The SMILES string of the molecule is CCc1cccc(C)c1-c1cc(N)ccc1-c1ccc(N)cc1. The third-order valence-electron chi connectivity index (χ3n) is 4.27. The van der Waals surface area contributed by atoms with Crippen molar-refractivity contribution in [1.29, 1.82) is 0 Å². The van der Waals surface area contributed by atoms with Crippen molar-refractivity contribution in [3.8, 4) is 22.3 Å². The van der Waals surface area contributed by atoms with Crippen molar-refractivity contribution in [1.82, 2.24) is 0 Å². The Hall–Kier alpha value is -2.74. The van der Waals surface area contributed by atoms with Gasteiger partial charge in [-0.15, -0.1) is 0 Å². The van der Waals surface area contributed by atoms with Crippen LogP contribution in [-0.2, 0) is 6.42 Å². The van der Waals surface area contributed by atoms with Gasteiger partial charge in [0.1, 0.15) is 0 Å². The minimum absolute atomic E-state index is 0.774. The molecule has 0 amide bonds. The summed E-state index contributed by atoms with van der Waals surface area (Å²) in [5.41, 5.74) is 20.9. The van der Waals surface area contributed by atoms with Gasteiger partial charge in [0.2, 0.25) is 0 Å². The summed E-state index contributed by atoms with van der Waals surface area (Å²) >= 11 is 0. The molecule has 3 aromatic rings. The molecule has 0 aliphatic carbocycles. The largest absolute Gasteiger partial charge is 0.399 e. The van der Waals surface area contributed by atoms with Gasteiger partial charge in [0.15, 0.2) is 0 Å². The fourth-order valence-corrected chi connectivity index (χ4v) is 3.09. The number of hydrogen-bond donors (Lipinski definition) is 2. The summed E-state index contributed by atoms with van der Waals surface area (Å²) in [5.74, 6) is 0. The molecule has 0 aliphatic rings. The van der Waals surface area contributed by atoms with Crippen LogP contribution in [0.1, 0.15) is 18.1 Å². The number of rotatable bonds is 3. The van der Waals surface area contributed by atoms with E-state index in [1.54, 1.807) is 0 Å². The standard InChI is InChI=1S/C21H22N2/c1-3-15-6-4-5-14(2)21(15)20-13-18(23)11-12-19(20)16-7-9-17(22)10-8-16/h4-13H,3,22-23H2,1-2H3. The quantitative estimate of drug-likeness (QED) is 0.665. The van der Waals surface area contributed by atoms with Gasteiger partial charge in [0, 0.05) is 11.4 Å². The van der Waals surface area contributed by atoms with Crippen LogP contribution in [-0.4, -0.2) is 0 Å². The average Bonchev–Trinajstić information content (AvgIpc) is 2.55. The van der Waals surface area contributed by atoms with E-state index in [1.165, 1.54) is 27.8 Å². The van der Waals surface area contributed by atoms with Crippen LogP contribution in [0.5, 0.6) is 0 Å². The molecule has 0 heterocycles. The molecule has 3 rings (SSSR count). The van der Waals surface area contributed by atoms with E-state index in [2.05, 4.69) is 56.3 Å². The van der Waals surface area contributed by atoms with Gasteiger partial charge < -0.3 is 11.5 Å². The minimum atomic E-state index is 0.774. The van der Waals surface area contributed by atoms with Crippen LogP contribution in [0.25, 0.3) is 22.3 Å². The lowest BCUT2D eigenvalue weighted by Crippen LogP contribution is -1.96. The van der Waals surface area contributed by atoms with E-state index in [-0.39, 0.29) is 0 Å². The third kappa shape index (κ3) is 2.93. The van der Waals surface area contributed by atoms with Crippen molar-refractivity contribution in [3.63, 3.8) is 0 Å². The lowest BCUT2D eigenvalue weighted by molar-refractivity contribution is 1.13. The number of anilines is 2. The van der Waals surface area contributed by atoms with Gasteiger partial charge in [-0.2, -0.15) is 0 Å². The lowest BCUT2D eigenvalue weighted by Gasteiger charge is -2.17. The first-order chi connectivity index (χ1) is 11.1. The predicted molar refractivity (Wildman–Crippen MR) is 100 cm³/mol. The summed E-state index contributed by atoms with van der Waals surface area (Å²) < 4.78 is 0. The second kappa shape index (κ2) is 6.17. The first-order valence-electron chi connectivity index (χ1n) is 7.94. The van der Waals surface area contributed by atoms with Crippen molar-refractivity contribution in [2.24, 2.45) is 0 Å². The molecule has 2 heteroatoms. The van der Waals surface area contributed by atoms with Crippen molar-refractivity contribution in [2.45, 2.75) is 20.3 Å². The Balaban J connectivity index is 2.28. The molecule has 0 bridgehead atoms. The van der Waals surface area contributed by atoms with Crippen molar-refractivity contribution >= 4 is 11.4 Å². The highest BCUT2D eigenvalue weighted by Crippen LogP contribution is 2.37.